The van der Waals surface area contributed by atoms with E-state index in [0.717, 1.165) is 11.8 Å². The quantitative estimate of drug-likeness (QED) is 0.215. The van der Waals surface area contributed by atoms with Crippen LogP contribution in [0, 0.1) is 13.8 Å². The molecule has 14 heteroatoms. The van der Waals surface area contributed by atoms with Gasteiger partial charge in [0, 0.05) is 10.8 Å². The number of sulfonamides is 2. The third kappa shape index (κ3) is 6.91. The van der Waals surface area contributed by atoms with Gasteiger partial charge in [-0.25, -0.2) is 26.1 Å². The number of hydrogen-bond acceptors (Lipinski definition) is 7. The highest BCUT2D eigenvalue weighted by atomic mass is 32.2. The Kier molecular flexibility index (Phi) is 9.02. The molecule has 43 heavy (non-hydrogen) atoms. The molecule has 0 fully saturated rings. The summed E-state index contributed by atoms with van der Waals surface area (Å²) in [5.41, 5.74) is 1.05. The first-order chi connectivity index (χ1) is 20.1. The van der Waals surface area contributed by atoms with E-state index in [4.69, 9.17) is 4.74 Å². The number of pyridine rings is 1. The van der Waals surface area contributed by atoms with Gasteiger partial charge < -0.3 is 4.74 Å². The Hall–Kier alpha value is -4.17. The second-order valence-electron chi connectivity index (χ2n) is 9.58. The fourth-order valence-corrected chi connectivity index (χ4v) is 7.13. The highest BCUT2D eigenvalue weighted by molar-refractivity contribution is 7.93. The SMILES string of the molecule is CCOC(=O)CN(c1ncc(N(CC(F)(F)F)S(=O)(=O)c2ccc(C)cc2)c2ccccc12)S(=O)(=O)c1ccc(C)cc1. The summed E-state index contributed by atoms with van der Waals surface area (Å²) in [4.78, 5) is 16.2. The van der Waals surface area contributed by atoms with Crippen molar-refractivity contribution in [2.45, 2.75) is 36.7 Å². The van der Waals surface area contributed by atoms with E-state index in [1.165, 1.54) is 60.7 Å². The van der Waals surface area contributed by atoms with E-state index in [0.29, 0.717) is 9.87 Å². The molecule has 1 aromatic heterocycles. The normalized spacial score (nSPS) is 12.2. The topological polar surface area (TPSA) is 114 Å². The number of aromatic nitrogens is 1. The van der Waals surface area contributed by atoms with Gasteiger partial charge >= 0.3 is 12.1 Å². The summed E-state index contributed by atoms with van der Waals surface area (Å²) in [5.74, 6) is -1.19. The van der Waals surface area contributed by atoms with Gasteiger partial charge in [0.15, 0.2) is 5.82 Å². The standard InChI is InChI=1S/C29H28F3N3O6S2/c1-4-41-27(36)18-34(42(37,38)22-13-9-20(2)10-14-22)28-25-8-6-5-7-24(25)26(17-33-28)35(19-29(30,31)32)43(39,40)23-15-11-21(3)12-16-23/h5-17H,4,18-19H2,1-3H3. The van der Waals surface area contributed by atoms with Gasteiger partial charge in [-0.05, 0) is 45.0 Å². The number of halogens is 3. The Morgan fingerprint density at radius 2 is 1.28 bits per heavy atom. The van der Waals surface area contributed by atoms with Crippen molar-refractivity contribution in [2.24, 2.45) is 0 Å². The van der Waals surface area contributed by atoms with Crippen molar-refractivity contribution >= 4 is 48.3 Å². The number of rotatable bonds is 10. The summed E-state index contributed by atoms with van der Waals surface area (Å²) in [5, 5.41) is -0.0494. The van der Waals surface area contributed by atoms with Crippen LogP contribution in [-0.4, -0.2) is 53.7 Å². The van der Waals surface area contributed by atoms with Gasteiger partial charge in [0.05, 0.1) is 28.3 Å². The van der Waals surface area contributed by atoms with E-state index < -0.39 is 51.0 Å². The minimum atomic E-state index is -4.94. The average molecular weight is 636 g/mol. The molecule has 0 unspecified atom stereocenters. The van der Waals surface area contributed by atoms with Crippen LogP contribution < -0.4 is 8.61 Å². The number of anilines is 2. The van der Waals surface area contributed by atoms with Gasteiger partial charge in [0.1, 0.15) is 13.1 Å². The molecule has 0 spiro atoms. The lowest BCUT2D eigenvalue weighted by molar-refractivity contribution is -0.141. The first-order valence-electron chi connectivity index (χ1n) is 12.9. The highest BCUT2D eigenvalue weighted by Gasteiger charge is 2.39. The average Bonchev–Trinajstić information content (AvgIpc) is 2.94. The van der Waals surface area contributed by atoms with Gasteiger partial charge in [-0.3, -0.25) is 9.10 Å². The van der Waals surface area contributed by atoms with E-state index in [-0.39, 0.29) is 37.3 Å². The summed E-state index contributed by atoms with van der Waals surface area (Å²) in [6, 6.07) is 16.8. The zero-order valence-corrected chi connectivity index (χ0v) is 25.0. The number of nitrogens with zero attached hydrogens (tertiary/aromatic N) is 3. The molecule has 0 aliphatic rings. The Morgan fingerprint density at radius 1 is 0.791 bits per heavy atom. The molecule has 228 valence electrons. The van der Waals surface area contributed by atoms with Crippen LogP contribution in [0.2, 0.25) is 0 Å². The van der Waals surface area contributed by atoms with Gasteiger partial charge in [-0.1, -0.05) is 59.7 Å². The number of carbonyl (C=O) groups excluding carboxylic acids is 1. The van der Waals surface area contributed by atoms with Crippen molar-refractivity contribution in [3.63, 3.8) is 0 Å². The predicted octanol–water partition coefficient (Wildman–Crippen LogP) is 5.37. The van der Waals surface area contributed by atoms with Crippen LogP contribution >= 0.6 is 0 Å². The summed E-state index contributed by atoms with van der Waals surface area (Å²) >= 11 is 0. The molecule has 1 heterocycles. The molecule has 4 aromatic rings. The van der Waals surface area contributed by atoms with E-state index in [9.17, 15) is 34.8 Å². The van der Waals surface area contributed by atoms with E-state index >= 15 is 0 Å². The first kappa shape index (κ1) is 31.8. The van der Waals surface area contributed by atoms with E-state index in [1.807, 2.05) is 0 Å². The first-order valence-corrected chi connectivity index (χ1v) is 15.8. The zero-order chi connectivity index (χ0) is 31.6. The lowest BCUT2D eigenvalue weighted by Crippen LogP contribution is -2.40. The smallest absolute Gasteiger partial charge is 0.407 e. The minimum absolute atomic E-state index is 0.00809. The lowest BCUT2D eigenvalue weighted by Gasteiger charge is -2.28. The number of hydrogen-bond donors (Lipinski definition) is 0. The van der Waals surface area contributed by atoms with Gasteiger partial charge in [0.2, 0.25) is 0 Å². The molecule has 0 saturated heterocycles. The number of alkyl halides is 3. The van der Waals surface area contributed by atoms with Crippen molar-refractivity contribution in [3.8, 4) is 0 Å². The molecule has 0 atom stereocenters. The molecule has 4 rings (SSSR count). The van der Waals surface area contributed by atoms with Crippen LogP contribution in [0.1, 0.15) is 18.1 Å². The molecule has 0 amide bonds. The number of esters is 1. The maximum Gasteiger partial charge on any atom is 0.407 e. The van der Waals surface area contributed by atoms with Crippen LogP contribution in [0.15, 0.2) is 88.8 Å². The summed E-state index contributed by atoms with van der Waals surface area (Å²) < 4.78 is 102. The van der Waals surface area contributed by atoms with Gasteiger partial charge in [-0.2, -0.15) is 13.2 Å². The summed E-state index contributed by atoms with van der Waals surface area (Å²) in [6.07, 6.45) is -4.08. The Balaban J connectivity index is 1.96. The molecule has 0 aliphatic carbocycles. The second kappa shape index (κ2) is 12.2. The van der Waals surface area contributed by atoms with Crippen molar-refractivity contribution in [2.75, 3.05) is 28.3 Å². The van der Waals surface area contributed by atoms with Crippen LogP contribution in [-0.2, 0) is 29.6 Å². The van der Waals surface area contributed by atoms with Crippen LogP contribution in [0.3, 0.4) is 0 Å². The number of carbonyl (C=O) groups is 1. The summed E-state index contributed by atoms with van der Waals surface area (Å²) in [6.45, 7) is 2.30. The van der Waals surface area contributed by atoms with Crippen LogP contribution in [0.5, 0.6) is 0 Å². The zero-order valence-electron chi connectivity index (χ0n) is 23.4. The van der Waals surface area contributed by atoms with Crippen molar-refractivity contribution < 1.29 is 39.5 Å². The third-order valence-electron chi connectivity index (χ3n) is 6.38. The molecule has 0 N–H and O–H groups in total. The minimum Gasteiger partial charge on any atom is -0.465 e. The van der Waals surface area contributed by atoms with Crippen LogP contribution in [0.25, 0.3) is 10.8 Å². The molecule has 0 saturated carbocycles. The fourth-order valence-electron chi connectivity index (χ4n) is 4.30. The van der Waals surface area contributed by atoms with Crippen molar-refractivity contribution in [3.05, 3.63) is 90.1 Å². The predicted molar refractivity (Wildman–Crippen MR) is 156 cm³/mol. The Labute approximate surface area is 247 Å². The number of ether oxygens (including phenoxy) is 1. The second-order valence-corrected chi connectivity index (χ2v) is 13.3. The molecule has 3 aromatic carbocycles. The van der Waals surface area contributed by atoms with Crippen LogP contribution in [0.4, 0.5) is 24.7 Å². The molecule has 0 aliphatic heterocycles. The molecular formula is C29H28F3N3O6S2. The number of aryl methyl sites for hydroxylation is 2. The van der Waals surface area contributed by atoms with Gasteiger partial charge in [-0.15, -0.1) is 0 Å². The van der Waals surface area contributed by atoms with Gasteiger partial charge in [0.25, 0.3) is 20.0 Å². The van der Waals surface area contributed by atoms with Crippen molar-refractivity contribution in [1.29, 1.82) is 0 Å². The monoisotopic (exact) mass is 635 g/mol. The highest BCUT2D eigenvalue weighted by Crippen LogP contribution is 2.38. The summed E-state index contributed by atoms with van der Waals surface area (Å²) in [7, 11) is -9.22. The Bertz CT molecular complexity index is 1850. The van der Waals surface area contributed by atoms with E-state index in [1.54, 1.807) is 32.9 Å². The maximum absolute atomic E-state index is 13.8. The lowest BCUT2D eigenvalue weighted by atomic mass is 10.1. The maximum atomic E-state index is 13.8. The van der Waals surface area contributed by atoms with E-state index in [2.05, 4.69) is 4.98 Å². The largest absolute Gasteiger partial charge is 0.465 e. The van der Waals surface area contributed by atoms with Crippen molar-refractivity contribution in [1.82, 2.24) is 4.98 Å². The number of benzene rings is 3. The third-order valence-corrected chi connectivity index (χ3v) is 9.90. The molecule has 0 radical (unpaired) electrons. The number of fused-ring (bicyclic) bond motifs is 1. The molecule has 9 nitrogen and oxygen atoms in total. The fraction of sp³-hybridized carbons (Fsp3) is 0.241. The Morgan fingerprint density at radius 3 is 1.77 bits per heavy atom. The molecule has 0 bridgehead atoms. The molecular weight excluding hydrogens is 607 g/mol.